The molecule has 7 rings (SSSR count). The van der Waals surface area contributed by atoms with E-state index < -0.39 is 11.6 Å². The molecule has 0 bridgehead atoms. The number of fused-ring (bicyclic) bond motifs is 3. The smallest absolute Gasteiger partial charge is 0.281 e. The molecule has 2 aromatic carbocycles. The van der Waals surface area contributed by atoms with Crippen LogP contribution in [0.5, 0.6) is 11.5 Å². The summed E-state index contributed by atoms with van der Waals surface area (Å²) in [5.74, 6) is 1.27. The molecule has 0 radical (unpaired) electrons. The van der Waals surface area contributed by atoms with Crippen LogP contribution in [0.2, 0.25) is 0 Å². The lowest BCUT2D eigenvalue weighted by Crippen LogP contribution is -2.34. The summed E-state index contributed by atoms with van der Waals surface area (Å²) in [7, 11) is 0. The van der Waals surface area contributed by atoms with Gasteiger partial charge in [0.25, 0.3) is 5.56 Å². The van der Waals surface area contributed by atoms with E-state index in [1.807, 2.05) is 82.6 Å². The minimum Gasteiger partial charge on any atom is -0.504 e. The third-order valence-electron chi connectivity index (χ3n) is 8.28. The first-order valence-electron chi connectivity index (χ1n) is 14.2. The van der Waals surface area contributed by atoms with Crippen LogP contribution < -0.4 is 16.0 Å². The highest BCUT2D eigenvalue weighted by molar-refractivity contribution is 5.99. The average molecular weight is 577 g/mol. The second kappa shape index (κ2) is 9.15. The van der Waals surface area contributed by atoms with Crippen LogP contribution in [0.3, 0.4) is 0 Å². The number of nitrogens with zero attached hydrogens (tertiary/aromatic N) is 7. The molecule has 1 unspecified atom stereocenters. The van der Waals surface area contributed by atoms with E-state index in [4.69, 9.17) is 20.6 Å². The Labute approximate surface area is 247 Å². The second-order valence-electron chi connectivity index (χ2n) is 11.9. The molecule has 1 aliphatic rings. The monoisotopic (exact) mass is 576 g/mol. The quantitative estimate of drug-likeness (QED) is 0.304. The van der Waals surface area contributed by atoms with Crippen LogP contribution in [0, 0.1) is 20.8 Å². The van der Waals surface area contributed by atoms with Crippen LogP contribution in [0.1, 0.15) is 55.2 Å². The van der Waals surface area contributed by atoms with E-state index in [1.54, 1.807) is 15.4 Å². The van der Waals surface area contributed by atoms with Crippen LogP contribution in [0.15, 0.2) is 53.6 Å². The molecule has 0 spiro atoms. The molecule has 6 aromatic rings. The molecular formula is C32H32N8O3. The molecule has 218 valence electrons. The molecule has 0 fully saturated rings. The van der Waals surface area contributed by atoms with Crippen molar-refractivity contribution >= 4 is 27.8 Å². The summed E-state index contributed by atoms with van der Waals surface area (Å²) in [6, 6.07) is 12.5. The highest BCUT2D eigenvalue weighted by Gasteiger charge is 2.36. The van der Waals surface area contributed by atoms with Crippen molar-refractivity contribution in [1.29, 1.82) is 0 Å². The van der Waals surface area contributed by atoms with Crippen LogP contribution in [0.4, 0.5) is 5.82 Å². The summed E-state index contributed by atoms with van der Waals surface area (Å²) in [4.78, 5) is 28.2. The second-order valence-corrected chi connectivity index (χ2v) is 11.9. The summed E-state index contributed by atoms with van der Waals surface area (Å²) in [5, 5.41) is 16.8. The van der Waals surface area contributed by atoms with Crippen molar-refractivity contribution in [1.82, 2.24) is 34.1 Å². The summed E-state index contributed by atoms with van der Waals surface area (Å²) in [5.41, 5.74) is 11.7. The molecule has 11 heteroatoms. The number of aryl methyl sites for hydroxylation is 3. The SMILES string of the molecule is Cc1cccc2nc(C(C)n3nc(-c4ccc(O)c5c4CC(C)(C)O5)c4c(N)ncnc43)n(-n3c(C)ccc3C)c(=O)c12. The Kier molecular flexibility index (Phi) is 5.68. The molecule has 43 heavy (non-hydrogen) atoms. The van der Waals surface area contributed by atoms with Crippen LogP contribution in [-0.4, -0.2) is 44.8 Å². The van der Waals surface area contributed by atoms with Gasteiger partial charge in [-0.1, -0.05) is 12.1 Å². The lowest BCUT2D eigenvalue weighted by molar-refractivity contribution is 0.134. The number of nitrogens with two attached hydrogens (primary N) is 1. The number of phenolic OH excluding ortho intramolecular Hbond substituents is 1. The van der Waals surface area contributed by atoms with Crippen molar-refractivity contribution in [2.45, 2.75) is 59.6 Å². The molecule has 11 nitrogen and oxygen atoms in total. The summed E-state index contributed by atoms with van der Waals surface area (Å²) in [6.07, 6.45) is 1.98. The van der Waals surface area contributed by atoms with Crippen molar-refractivity contribution in [3.05, 3.63) is 87.5 Å². The Balaban J connectivity index is 1.52. The Hall–Kier alpha value is -5.19. The molecular weight excluding hydrogens is 544 g/mol. The van der Waals surface area contributed by atoms with Gasteiger partial charge in [0, 0.05) is 28.9 Å². The fourth-order valence-corrected chi connectivity index (χ4v) is 6.27. The average Bonchev–Trinajstić information content (AvgIpc) is 3.61. The number of hydrogen-bond donors (Lipinski definition) is 2. The first-order valence-corrected chi connectivity index (χ1v) is 14.2. The van der Waals surface area contributed by atoms with Crippen LogP contribution in [-0.2, 0) is 6.42 Å². The number of ether oxygens (including phenoxy) is 1. The molecule has 5 heterocycles. The van der Waals surface area contributed by atoms with Gasteiger partial charge in [-0.15, -0.1) is 0 Å². The van der Waals surface area contributed by atoms with Crippen molar-refractivity contribution < 1.29 is 9.84 Å². The Morgan fingerprint density at radius 3 is 2.49 bits per heavy atom. The Bertz CT molecular complexity index is 2150. The highest BCUT2D eigenvalue weighted by atomic mass is 16.5. The standard InChI is InChI=1S/C32H32N8O3/c1-16-8-7-9-22-24(16)31(42)40(39-17(2)10-11-18(39)3)29(36-22)19(4)38-30-25(28(33)34-15-35-30)26(37-38)20-12-13-23(41)27-21(20)14-32(5,6)43-27/h7-13,15,19,41H,14H2,1-6H3,(H2,33,34,35). The van der Waals surface area contributed by atoms with Gasteiger partial charge in [-0.3, -0.25) is 9.47 Å². The number of aromatic hydroxyl groups is 1. The van der Waals surface area contributed by atoms with Gasteiger partial charge >= 0.3 is 0 Å². The van der Waals surface area contributed by atoms with E-state index in [1.165, 1.54) is 6.33 Å². The zero-order valence-electron chi connectivity index (χ0n) is 24.9. The molecule has 4 aromatic heterocycles. The molecule has 0 saturated carbocycles. The molecule has 0 saturated heterocycles. The molecule has 3 N–H and O–H groups in total. The van der Waals surface area contributed by atoms with Gasteiger partial charge in [-0.25, -0.2) is 19.6 Å². The first-order chi connectivity index (χ1) is 20.5. The van der Waals surface area contributed by atoms with Gasteiger partial charge in [-0.05, 0) is 77.4 Å². The van der Waals surface area contributed by atoms with Gasteiger partial charge in [0.15, 0.2) is 23.0 Å². The lowest BCUT2D eigenvalue weighted by atomic mass is 9.95. The maximum Gasteiger partial charge on any atom is 0.281 e. The number of nitrogen functional groups attached to an aromatic ring is 1. The number of hydrogen-bond acceptors (Lipinski definition) is 8. The zero-order chi connectivity index (χ0) is 30.4. The third kappa shape index (κ3) is 3.91. The van der Waals surface area contributed by atoms with Crippen LogP contribution >= 0.6 is 0 Å². The van der Waals surface area contributed by atoms with Crippen LogP contribution in [0.25, 0.3) is 33.2 Å². The predicted octanol–water partition coefficient (Wildman–Crippen LogP) is 4.85. The molecule has 1 atom stereocenters. The normalized spacial score (nSPS) is 14.7. The predicted molar refractivity (Wildman–Crippen MR) is 165 cm³/mol. The number of aromatic nitrogens is 7. The largest absolute Gasteiger partial charge is 0.504 e. The summed E-state index contributed by atoms with van der Waals surface area (Å²) >= 11 is 0. The van der Waals surface area contributed by atoms with E-state index in [9.17, 15) is 9.90 Å². The Morgan fingerprint density at radius 1 is 1.00 bits per heavy atom. The van der Waals surface area contributed by atoms with Crippen molar-refractivity contribution in [3.63, 3.8) is 0 Å². The molecule has 1 aliphatic heterocycles. The number of benzene rings is 2. The first kappa shape index (κ1) is 26.7. The summed E-state index contributed by atoms with van der Waals surface area (Å²) in [6.45, 7) is 11.7. The summed E-state index contributed by atoms with van der Waals surface area (Å²) < 4.78 is 11.4. The zero-order valence-corrected chi connectivity index (χ0v) is 24.9. The number of phenols is 1. The fourth-order valence-electron chi connectivity index (χ4n) is 6.27. The van der Waals surface area contributed by atoms with E-state index in [0.29, 0.717) is 45.6 Å². The van der Waals surface area contributed by atoms with E-state index in [0.717, 1.165) is 28.1 Å². The van der Waals surface area contributed by atoms with Gasteiger partial charge in [0.1, 0.15) is 29.5 Å². The Morgan fingerprint density at radius 2 is 1.74 bits per heavy atom. The molecule has 0 aliphatic carbocycles. The molecule has 0 amide bonds. The van der Waals surface area contributed by atoms with E-state index in [2.05, 4.69) is 9.97 Å². The maximum absolute atomic E-state index is 14.3. The minimum atomic E-state index is -0.554. The third-order valence-corrected chi connectivity index (χ3v) is 8.28. The minimum absolute atomic E-state index is 0.0720. The van der Waals surface area contributed by atoms with Crippen molar-refractivity contribution in [2.24, 2.45) is 0 Å². The van der Waals surface area contributed by atoms with E-state index in [-0.39, 0.29) is 17.1 Å². The number of rotatable bonds is 4. The van der Waals surface area contributed by atoms with E-state index >= 15 is 0 Å². The topological polar surface area (TPSA) is 139 Å². The van der Waals surface area contributed by atoms with Gasteiger partial charge in [0.05, 0.1) is 16.3 Å². The number of anilines is 1. The lowest BCUT2D eigenvalue weighted by Gasteiger charge is -2.22. The fraction of sp³-hybridized carbons (Fsp3) is 0.281. The highest BCUT2D eigenvalue weighted by Crippen LogP contribution is 2.47. The van der Waals surface area contributed by atoms with Crippen molar-refractivity contribution in [2.75, 3.05) is 5.73 Å². The van der Waals surface area contributed by atoms with Gasteiger partial charge < -0.3 is 15.6 Å². The van der Waals surface area contributed by atoms with Gasteiger partial charge in [0.2, 0.25) is 0 Å². The maximum atomic E-state index is 14.3. The van der Waals surface area contributed by atoms with Crippen molar-refractivity contribution in [3.8, 4) is 22.8 Å². The van der Waals surface area contributed by atoms with Gasteiger partial charge in [-0.2, -0.15) is 9.77 Å².